The van der Waals surface area contributed by atoms with E-state index in [0.717, 1.165) is 19.3 Å². The Balaban J connectivity index is 1.11. The lowest BCUT2D eigenvalue weighted by Gasteiger charge is -2.49. The molecule has 3 atom stereocenters. The molecular formula is C59H51N. The minimum absolute atomic E-state index is 0.0459. The number of rotatable bonds is 5. The van der Waals surface area contributed by atoms with E-state index >= 15 is 0 Å². The van der Waals surface area contributed by atoms with Gasteiger partial charge in [-0.1, -0.05) is 196 Å². The second-order valence-electron chi connectivity index (χ2n) is 18.3. The summed E-state index contributed by atoms with van der Waals surface area (Å²) in [4.78, 5) is 2.66. The first kappa shape index (κ1) is 36.6. The third-order valence-corrected chi connectivity index (χ3v) is 14.3. The quantitative estimate of drug-likeness (QED) is 0.158. The van der Waals surface area contributed by atoms with Crippen LogP contribution in [0.15, 0.2) is 205 Å². The maximum Gasteiger partial charge on any atom is 0.0575 e. The molecule has 4 aliphatic rings. The Hall–Kier alpha value is -6.44. The number of nitrogens with zero attached hydrogens (tertiary/aromatic N) is 1. The Morgan fingerprint density at radius 2 is 1.18 bits per heavy atom. The van der Waals surface area contributed by atoms with E-state index in [9.17, 15) is 0 Å². The first-order chi connectivity index (χ1) is 29.3. The lowest BCUT2D eigenvalue weighted by atomic mass is 9.53. The first-order valence-corrected chi connectivity index (χ1v) is 21.9. The number of anilines is 2. The van der Waals surface area contributed by atoms with E-state index < -0.39 is 0 Å². The Morgan fingerprint density at radius 1 is 0.583 bits per heavy atom. The van der Waals surface area contributed by atoms with Crippen LogP contribution in [0.25, 0.3) is 43.8 Å². The molecular weight excluding hydrogens is 723 g/mol. The van der Waals surface area contributed by atoms with Crippen LogP contribution in [0.4, 0.5) is 11.4 Å². The molecule has 7 aromatic rings. The van der Waals surface area contributed by atoms with Gasteiger partial charge >= 0.3 is 0 Å². The minimum atomic E-state index is -0.248. The van der Waals surface area contributed by atoms with Gasteiger partial charge in [0.05, 0.1) is 5.69 Å². The molecule has 0 radical (unpaired) electrons. The number of fused-ring (bicyclic) bond motifs is 4. The van der Waals surface area contributed by atoms with Gasteiger partial charge in [0.25, 0.3) is 0 Å². The summed E-state index contributed by atoms with van der Waals surface area (Å²) in [6.07, 6.45) is 15.1. The Labute approximate surface area is 355 Å². The number of hydrogen-bond acceptors (Lipinski definition) is 1. The van der Waals surface area contributed by atoms with Crippen LogP contribution in [0.3, 0.4) is 0 Å². The molecule has 7 aromatic carbocycles. The normalized spacial score (nSPS) is 21.8. The second kappa shape index (κ2) is 14.1. The van der Waals surface area contributed by atoms with Crippen LogP contribution < -0.4 is 4.90 Å². The number of hydrogen-bond donors (Lipinski definition) is 0. The molecule has 60 heavy (non-hydrogen) atoms. The van der Waals surface area contributed by atoms with Crippen molar-refractivity contribution in [2.45, 2.75) is 57.9 Å². The Bertz CT molecular complexity index is 2930. The average molecular weight is 774 g/mol. The van der Waals surface area contributed by atoms with Crippen molar-refractivity contribution >= 4 is 44.1 Å². The summed E-state index contributed by atoms with van der Waals surface area (Å²) in [7, 11) is 0. The predicted octanol–water partition coefficient (Wildman–Crippen LogP) is 15.4. The molecule has 0 spiro atoms. The Kier molecular flexibility index (Phi) is 8.60. The molecule has 0 aromatic heterocycles. The monoisotopic (exact) mass is 773 g/mol. The summed E-state index contributed by atoms with van der Waals surface area (Å²) in [5.41, 5.74) is 17.5. The van der Waals surface area contributed by atoms with Gasteiger partial charge in [-0.2, -0.15) is 0 Å². The molecule has 1 aliphatic heterocycles. The molecule has 1 heteroatoms. The van der Waals surface area contributed by atoms with Gasteiger partial charge in [-0.25, -0.2) is 0 Å². The molecule has 1 nitrogen and oxygen atoms in total. The SMILES string of the molecule is CC1CC(c2ccccc2)=CC2=C1C(C)(c1ccc(-c3c4ccccc4c(N4c5ccccc5CCC4(C)C)c4ccccc34)cc1)C1C=CC=CC1=C2c1ccccc1. The summed E-state index contributed by atoms with van der Waals surface area (Å²) in [6.45, 7) is 9.83. The van der Waals surface area contributed by atoms with Crippen LogP contribution in [0, 0.1) is 11.8 Å². The molecule has 3 unspecified atom stereocenters. The van der Waals surface area contributed by atoms with Crippen LogP contribution in [0.5, 0.6) is 0 Å². The van der Waals surface area contributed by atoms with Crippen molar-refractivity contribution in [1.29, 1.82) is 0 Å². The van der Waals surface area contributed by atoms with Crippen molar-refractivity contribution in [3.05, 3.63) is 227 Å². The van der Waals surface area contributed by atoms with Gasteiger partial charge in [0, 0.05) is 33.3 Å². The lowest BCUT2D eigenvalue weighted by molar-refractivity contribution is 0.403. The molecule has 0 saturated carbocycles. The molecule has 0 saturated heterocycles. The fraction of sp³-hybridized carbons (Fsp3) is 0.186. The lowest BCUT2D eigenvalue weighted by Crippen LogP contribution is -2.44. The van der Waals surface area contributed by atoms with Crippen molar-refractivity contribution in [2.24, 2.45) is 11.8 Å². The highest BCUT2D eigenvalue weighted by molar-refractivity contribution is 6.21. The standard InChI is InChI=1S/C59H51N/c1-39-37-44(40-19-7-5-8-20-40)38-51-55(42-22-9-6-10-23-42)50-28-16-17-29-52(50)59(4,56(39)51)45-33-31-43(32-34-45)54-46-24-12-14-26-48(46)57(49-27-15-13-25-47(49)54)60-53-30-18-11-21-41(53)35-36-58(60,2)3/h5-34,38-39,52H,35-37H2,1-4H3. The zero-order valence-corrected chi connectivity index (χ0v) is 35.1. The summed E-state index contributed by atoms with van der Waals surface area (Å²) in [5.74, 6) is 0.558. The Morgan fingerprint density at radius 3 is 1.87 bits per heavy atom. The largest absolute Gasteiger partial charge is 0.335 e. The molecule has 3 aliphatic carbocycles. The summed E-state index contributed by atoms with van der Waals surface area (Å²) >= 11 is 0. The number of para-hydroxylation sites is 1. The third-order valence-electron chi connectivity index (χ3n) is 14.3. The van der Waals surface area contributed by atoms with E-state index in [2.05, 4.69) is 221 Å². The third kappa shape index (κ3) is 5.59. The molecule has 1 heterocycles. The molecule has 0 N–H and O–H groups in total. The highest BCUT2D eigenvalue weighted by Gasteiger charge is 2.48. The highest BCUT2D eigenvalue weighted by atomic mass is 15.2. The predicted molar refractivity (Wildman–Crippen MR) is 256 cm³/mol. The summed E-state index contributed by atoms with van der Waals surface area (Å²) < 4.78 is 0. The van der Waals surface area contributed by atoms with Crippen molar-refractivity contribution < 1.29 is 0 Å². The molecule has 292 valence electrons. The highest BCUT2D eigenvalue weighted by Crippen LogP contribution is 2.59. The van der Waals surface area contributed by atoms with Gasteiger partial charge in [-0.15, -0.1) is 0 Å². The zero-order chi connectivity index (χ0) is 40.6. The second-order valence-corrected chi connectivity index (χ2v) is 18.3. The molecule has 11 rings (SSSR count). The van der Waals surface area contributed by atoms with Crippen LogP contribution in [0.1, 0.15) is 62.8 Å². The first-order valence-electron chi connectivity index (χ1n) is 21.9. The van der Waals surface area contributed by atoms with Crippen molar-refractivity contribution in [3.8, 4) is 11.1 Å². The average Bonchev–Trinajstić information content (AvgIpc) is 3.29. The summed E-state index contributed by atoms with van der Waals surface area (Å²) in [5, 5.41) is 5.19. The molecule has 0 fully saturated rings. The fourth-order valence-electron chi connectivity index (χ4n) is 11.6. The molecule has 0 bridgehead atoms. The van der Waals surface area contributed by atoms with E-state index in [1.807, 2.05) is 0 Å². The van der Waals surface area contributed by atoms with Gasteiger partial charge in [0.2, 0.25) is 0 Å². The van der Waals surface area contributed by atoms with E-state index in [1.165, 1.54) is 88.6 Å². The van der Waals surface area contributed by atoms with Gasteiger partial charge in [-0.05, 0) is 117 Å². The van der Waals surface area contributed by atoms with E-state index in [-0.39, 0.29) is 16.9 Å². The smallest absolute Gasteiger partial charge is 0.0575 e. The number of allylic oxidation sites excluding steroid dienone is 10. The van der Waals surface area contributed by atoms with E-state index in [1.54, 1.807) is 5.57 Å². The van der Waals surface area contributed by atoms with Crippen LogP contribution in [-0.2, 0) is 11.8 Å². The van der Waals surface area contributed by atoms with E-state index in [4.69, 9.17) is 0 Å². The summed E-state index contributed by atoms with van der Waals surface area (Å²) in [6, 6.07) is 59.2. The maximum absolute atomic E-state index is 2.66. The van der Waals surface area contributed by atoms with Crippen molar-refractivity contribution in [3.63, 3.8) is 0 Å². The van der Waals surface area contributed by atoms with Gasteiger partial charge in [0.1, 0.15) is 0 Å². The topological polar surface area (TPSA) is 3.24 Å². The number of aryl methyl sites for hydroxylation is 1. The fourth-order valence-corrected chi connectivity index (χ4v) is 11.6. The van der Waals surface area contributed by atoms with Gasteiger partial charge in [0.15, 0.2) is 0 Å². The minimum Gasteiger partial charge on any atom is -0.335 e. The van der Waals surface area contributed by atoms with Gasteiger partial charge < -0.3 is 4.90 Å². The number of benzene rings is 7. The van der Waals surface area contributed by atoms with Crippen LogP contribution in [0.2, 0.25) is 0 Å². The molecule has 0 amide bonds. The zero-order valence-electron chi connectivity index (χ0n) is 35.1. The van der Waals surface area contributed by atoms with E-state index in [0.29, 0.717) is 5.92 Å². The maximum atomic E-state index is 2.66. The van der Waals surface area contributed by atoms with Crippen molar-refractivity contribution in [1.82, 2.24) is 0 Å². The van der Waals surface area contributed by atoms with Crippen LogP contribution in [-0.4, -0.2) is 5.54 Å². The van der Waals surface area contributed by atoms with Gasteiger partial charge in [-0.3, -0.25) is 0 Å². The van der Waals surface area contributed by atoms with Crippen LogP contribution >= 0.6 is 0 Å². The van der Waals surface area contributed by atoms with Crippen molar-refractivity contribution in [2.75, 3.05) is 4.90 Å².